The molecule has 1 saturated heterocycles. The third kappa shape index (κ3) is 4.79. The summed E-state index contributed by atoms with van der Waals surface area (Å²) in [6.07, 6.45) is 1.32. The molecule has 2 aromatic rings. The molecule has 1 heterocycles. The number of benzene rings is 2. The molecule has 2 aromatic carbocycles. The Bertz CT molecular complexity index is 926. The summed E-state index contributed by atoms with van der Waals surface area (Å²) >= 11 is 6.05. The second kappa shape index (κ2) is 9.71. The van der Waals surface area contributed by atoms with Crippen molar-refractivity contribution in [2.45, 2.75) is 18.9 Å². The van der Waals surface area contributed by atoms with Gasteiger partial charge in [-0.3, -0.25) is 9.59 Å². The summed E-state index contributed by atoms with van der Waals surface area (Å²) in [5.74, 6) is 1.25. The number of hydrogen-bond acceptors (Lipinski definition) is 5. The number of nitrogens with one attached hydrogen (secondary N) is 1. The van der Waals surface area contributed by atoms with Crippen molar-refractivity contribution in [3.63, 3.8) is 0 Å². The molecular formula is C22H25ClN2O5. The summed E-state index contributed by atoms with van der Waals surface area (Å²) in [6, 6.07) is 10.0. The maximum absolute atomic E-state index is 12.9. The predicted octanol–water partition coefficient (Wildman–Crippen LogP) is 3.40. The van der Waals surface area contributed by atoms with Crippen LogP contribution in [0.4, 0.5) is 0 Å². The van der Waals surface area contributed by atoms with Gasteiger partial charge in [0.2, 0.25) is 0 Å². The molecular weight excluding hydrogens is 408 g/mol. The molecule has 0 radical (unpaired) electrons. The molecule has 7 nitrogen and oxygen atoms in total. The maximum Gasteiger partial charge on any atom is 0.257 e. The van der Waals surface area contributed by atoms with Gasteiger partial charge in [-0.1, -0.05) is 11.6 Å². The van der Waals surface area contributed by atoms with Gasteiger partial charge in [0, 0.05) is 29.7 Å². The molecule has 0 spiro atoms. The lowest BCUT2D eigenvalue weighted by molar-refractivity contribution is 0.0695. The number of methoxy groups -OCH3 is 3. The number of carbonyl (C=O) groups excluding carboxylic acids is 2. The topological polar surface area (TPSA) is 77.1 Å². The zero-order valence-electron chi connectivity index (χ0n) is 17.2. The van der Waals surface area contributed by atoms with E-state index < -0.39 is 0 Å². The number of amides is 2. The molecule has 0 atom stereocenters. The molecule has 30 heavy (non-hydrogen) atoms. The van der Waals surface area contributed by atoms with Gasteiger partial charge in [-0.2, -0.15) is 0 Å². The molecule has 0 aromatic heterocycles. The molecule has 0 saturated carbocycles. The highest BCUT2D eigenvalue weighted by molar-refractivity contribution is 6.31. The molecule has 1 N–H and O–H groups in total. The summed E-state index contributed by atoms with van der Waals surface area (Å²) in [5, 5.41) is 3.52. The van der Waals surface area contributed by atoms with Crippen molar-refractivity contribution >= 4 is 23.4 Å². The molecule has 1 fully saturated rings. The third-order valence-corrected chi connectivity index (χ3v) is 5.39. The Morgan fingerprint density at radius 3 is 2.20 bits per heavy atom. The minimum Gasteiger partial charge on any atom is -0.496 e. The number of piperidine rings is 1. The quantitative estimate of drug-likeness (QED) is 0.757. The van der Waals surface area contributed by atoms with Crippen LogP contribution in [0, 0.1) is 0 Å². The van der Waals surface area contributed by atoms with Crippen LogP contribution < -0.4 is 19.5 Å². The maximum atomic E-state index is 12.9. The summed E-state index contributed by atoms with van der Waals surface area (Å²) in [4.78, 5) is 27.3. The van der Waals surface area contributed by atoms with E-state index in [1.807, 2.05) is 0 Å². The van der Waals surface area contributed by atoms with Crippen molar-refractivity contribution in [2.24, 2.45) is 0 Å². The number of halogens is 1. The smallest absolute Gasteiger partial charge is 0.257 e. The van der Waals surface area contributed by atoms with Crippen LogP contribution in [0.3, 0.4) is 0 Å². The SMILES string of the molecule is COc1ccc(C(=O)NC2CCN(C(=O)c3cc(Cl)ccc3OC)CC2)cc1OC. The van der Waals surface area contributed by atoms with E-state index in [1.165, 1.54) is 14.2 Å². The first-order valence-corrected chi connectivity index (χ1v) is 10.00. The molecule has 1 aliphatic heterocycles. The zero-order chi connectivity index (χ0) is 21.7. The van der Waals surface area contributed by atoms with Crippen LogP contribution in [-0.4, -0.2) is 57.2 Å². The van der Waals surface area contributed by atoms with E-state index in [2.05, 4.69) is 5.32 Å². The van der Waals surface area contributed by atoms with Crippen molar-refractivity contribution in [1.82, 2.24) is 10.2 Å². The Kier molecular flexibility index (Phi) is 7.05. The fraction of sp³-hybridized carbons (Fsp3) is 0.364. The van der Waals surface area contributed by atoms with Crippen molar-refractivity contribution in [3.05, 3.63) is 52.5 Å². The van der Waals surface area contributed by atoms with E-state index in [-0.39, 0.29) is 17.9 Å². The van der Waals surface area contributed by atoms with Crippen molar-refractivity contribution < 1.29 is 23.8 Å². The molecule has 3 rings (SSSR count). The van der Waals surface area contributed by atoms with Gasteiger partial charge >= 0.3 is 0 Å². The number of ether oxygens (including phenoxy) is 3. The monoisotopic (exact) mass is 432 g/mol. The molecule has 0 unspecified atom stereocenters. The number of carbonyl (C=O) groups is 2. The minimum absolute atomic E-state index is 0.0177. The van der Waals surface area contributed by atoms with Gasteiger partial charge in [0.25, 0.3) is 11.8 Å². The normalized spacial score (nSPS) is 14.2. The van der Waals surface area contributed by atoms with E-state index >= 15 is 0 Å². The van der Waals surface area contributed by atoms with Gasteiger partial charge < -0.3 is 24.4 Å². The van der Waals surface area contributed by atoms with Crippen LogP contribution in [0.5, 0.6) is 17.2 Å². The first kappa shape index (κ1) is 21.8. The first-order chi connectivity index (χ1) is 14.5. The van der Waals surface area contributed by atoms with Crippen LogP contribution in [0.1, 0.15) is 33.6 Å². The van der Waals surface area contributed by atoms with Crippen LogP contribution in [-0.2, 0) is 0 Å². The number of rotatable bonds is 6. The predicted molar refractivity (Wildman–Crippen MR) is 114 cm³/mol. The average molecular weight is 433 g/mol. The Morgan fingerprint density at radius 2 is 1.57 bits per heavy atom. The third-order valence-electron chi connectivity index (χ3n) is 5.16. The lowest BCUT2D eigenvalue weighted by atomic mass is 10.0. The van der Waals surface area contributed by atoms with Crippen LogP contribution >= 0.6 is 11.6 Å². The number of hydrogen-bond donors (Lipinski definition) is 1. The Morgan fingerprint density at radius 1 is 0.933 bits per heavy atom. The van der Waals surface area contributed by atoms with E-state index in [0.29, 0.717) is 59.3 Å². The summed E-state index contributed by atoms with van der Waals surface area (Å²) in [6.45, 7) is 1.07. The number of nitrogens with zero attached hydrogens (tertiary/aromatic N) is 1. The van der Waals surface area contributed by atoms with Gasteiger partial charge in [-0.25, -0.2) is 0 Å². The van der Waals surface area contributed by atoms with Gasteiger partial charge in [0.1, 0.15) is 5.75 Å². The molecule has 8 heteroatoms. The van der Waals surface area contributed by atoms with Gasteiger partial charge in [-0.05, 0) is 49.2 Å². The van der Waals surface area contributed by atoms with E-state index in [0.717, 1.165) is 0 Å². The van der Waals surface area contributed by atoms with Crippen LogP contribution in [0.15, 0.2) is 36.4 Å². The highest BCUT2D eigenvalue weighted by Gasteiger charge is 2.27. The number of likely N-dealkylation sites (tertiary alicyclic amines) is 1. The van der Waals surface area contributed by atoms with Crippen LogP contribution in [0.2, 0.25) is 5.02 Å². The van der Waals surface area contributed by atoms with Crippen molar-refractivity contribution in [1.29, 1.82) is 0 Å². The summed E-state index contributed by atoms with van der Waals surface area (Å²) < 4.78 is 15.8. The first-order valence-electron chi connectivity index (χ1n) is 9.62. The van der Waals surface area contributed by atoms with E-state index in [9.17, 15) is 9.59 Å². The average Bonchev–Trinajstić information content (AvgIpc) is 2.78. The molecule has 2 amide bonds. The Labute approximate surface area is 180 Å². The summed E-state index contributed by atoms with van der Waals surface area (Å²) in [5.41, 5.74) is 0.938. The molecule has 160 valence electrons. The van der Waals surface area contributed by atoms with Crippen LogP contribution in [0.25, 0.3) is 0 Å². The lowest BCUT2D eigenvalue weighted by Crippen LogP contribution is -2.46. The largest absolute Gasteiger partial charge is 0.496 e. The van der Waals surface area contributed by atoms with E-state index in [4.69, 9.17) is 25.8 Å². The second-order valence-electron chi connectivity index (χ2n) is 6.95. The van der Waals surface area contributed by atoms with Crippen molar-refractivity contribution in [2.75, 3.05) is 34.4 Å². The Hall–Kier alpha value is -2.93. The van der Waals surface area contributed by atoms with Crippen molar-refractivity contribution in [3.8, 4) is 17.2 Å². The zero-order valence-corrected chi connectivity index (χ0v) is 18.0. The van der Waals surface area contributed by atoms with Gasteiger partial charge in [0.05, 0.1) is 26.9 Å². The molecule has 0 bridgehead atoms. The minimum atomic E-state index is -0.183. The lowest BCUT2D eigenvalue weighted by Gasteiger charge is -2.32. The second-order valence-corrected chi connectivity index (χ2v) is 7.39. The molecule has 1 aliphatic rings. The van der Waals surface area contributed by atoms with Gasteiger partial charge in [0.15, 0.2) is 11.5 Å². The highest BCUT2D eigenvalue weighted by Crippen LogP contribution is 2.28. The summed E-state index contributed by atoms with van der Waals surface area (Å²) in [7, 11) is 4.60. The van der Waals surface area contributed by atoms with Gasteiger partial charge in [-0.15, -0.1) is 0 Å². The highest BCUT2D eigenvalue weighted by atomic mass is 35.5. The standard InChI is InChI=1S/C22H25ClN2O5/c1-28-18-7-5-15(23)13-17(18)22(27)25-10-8-16(9-11-25)24-21(26)14-4-6-19(29-2)20(12-14)30-3/h4-7,12-13,16H,8-11H2,1-3H3,(H,24,26). The molecule has 0 aliphatic carbocycles. The fourth-order valence-electron chi connectivity index (χ4n) is 3.49. The Balaban J connectivity index is 1.60. The fourth-order valence-corrected chi connectivity index (χ4v) is 3.66. The van der Waals surface area contributed by atoms with E-state index in [1.54, 1.807) is 48.4 Å².